The van der Waals surface area contributed by atoms with Gasteiger partial charge in [-0.1, -0.05) is 25.4 Å². The van der Waals surface area contributed by atoms with Gasteiger partial charge in [-0.25, -0.2) is 0 Å². The van der Waals surface area contributed by atoms with Gasteiger partial charge in [-0.15, -0.1) is 0 Å². The highest BCUT2D eigenvalue weighted by Gasteiger charge is 2.20. The molecule has 0 amide bonds. The molecule has 17 heavy (non-hydrogen) atoms. The molecule has 1 aromatic rings. The van der Waals surface area contributed by atoms with Gasteiger partial charge in [-0.2, -0.15) is 0 Å². The molecule has 0 spiro atoms. The summed E-state index contributed by atoms with van der Waals surface area (Å²) < 4.78 is 5.17. The molecular formula is C13H20ClNO2. The molecule has 1 atom stereocenters. The summed E-state index contributed by atoms with van der Waals surface area (Å²) in [5.41, 5.74) is 7.28. The number of hydrogen-bond acceptors (Lipinski definition) is 3. The van der Waals surface area contributed by atoms with Crippen LogP contribution in [0.3, 0.4) is 0 Å². The van der Waals surface area contributed by atoms with Gasteiger partial charge in [-0.05, 0) is 36.9 Å². The van der Waals surface area contributed by atoms with E-state index in [0.717, 1.165) is 24.0 Å². The molecular weight excluding hydrogens is 238 g/mol. The summed E-state index contributed by atoms with van der Waals surface area (Å²) in [4.78, 5) is 0. The van der Waals surface area contributed by atoms with Crippen molar-refractivity contribution in [2.24, 2.45) is 5.73 Å². The Balaban J connectivity index is 3.34. The van der Waals surface area contributed by atoms with Crippen LogP contribution >= 0.6 is 11.6 Å². The molecule has 0 aliphatic heterocycles. The first-order valence-electron chi connectivity index (χ1n) is 5.85. The Hall–Kier alpha value is -0.930. The highest BCUT2D eigenvalue weighted by molar-refractivity contribution is 6.32. The lowest BCUT2D eigenvalue weighted by atomic mass is 9.93. The normalized spacial score (nSPS) is 12.5. The number of benzene rings is 1. The molecule has 3 N–H and O–H groups in total. The highest BCUT2D eigenvalue weighted by Crippen LogP contribution is 2.42. The molecule has 3 nitrogen and oxygen atoms in total. The fourth-order valence-corrected chi connectivity index (χ4v) is 2.42. The summed E-state index contributed by atoms with van der Waals surface area (Å²) in [6.45, 7) is 4.59. The third-order valence-corrected chi connectivity index (χ3v) is 3.45. The highest BCUT2D eigenvalue weighted by atomic mass is 35.5. The molecule has 0 bridgehead atoms. The summed E-state index contributed by atoms with van der Waals surface area (Å²) in [6.07, 6.45) is 1.58. The predicted molar refractivity (Wildman–Crippen MR) is 71.1 cm³/mol. The lowest BCUT2D eigenvalue weighted by molar-refractivity contribution is 0.368. The van der Waals surface area contributed by atoms with Gasteiger partial charge in [0.25, 0.3) is 0 Å². The van der Waals surface area contributed by atoms with Crippen molar-refractivity contribution in [1.82, 2.24) is 0 Å². The Labute approximate surface area is 108 Å². The van der Waals surface area contributed by atoms with Crippen molar-refractivity contribution in [3.8, 4) is 11.5 Å². The maximum Gasteiger partial charge on any atom is 0.162 e. The molecule has 0 saturated heterocycles. The van der Waals surface area contributed by atoms with Gasteiger partial charge in [-0.3, -0.25) is 0 Å². The van der Waals surface area contributed by atoms with Crippen molar-refractivity contribution in [3.63, 3.8) is 0 Å². The van der Waals surface area contributed by atoms with Crippen molar-refractivity contribution in [1.29, 1.82) is 0 Å². The molecule has 0 aliphatic rings. The van der Waals surface area contributed by atoms with Crippen LogP contribution in [0.2, 0.25) is 5.02 Å². The van der Waals surface area contributed by atoms with E-state index in [1.165, 1.54) is 0 Å². The number of aryl methyl sites for hydroxylation is 1. The molecule has 0 heterocycles. The molecule has 1 rings (SSSR count). The van der Waals surface area contributed by atoms with Crippen LogP contribution < -0.4 is 10.5 Å². The molecule has 0 aliphatic carbocycles. The molecule has 0 radical (unpaired) electrons. The number of aromatic hydroxyl groups is 1. The Bertz CT molecular complexity index is 365. The fourth-order valence-electron chi connectivity index (χ4n) is 1.96. The lowest BCUT2D eigenvalue weighted by Gasteiger charge is -2.19. The first kappa shape index (κ1) is 14.1. The van der Waals surface area contributed by atoms with E-state index in [0.29, 0.717) is 17.3 Å². The van der Waals surface area contributed by atoms with E-state index in [-0.39, 0.29) is 11.7 Å². The quantitative estimate of drug-likeness (QED) is 0.852. The van der Waals surface area contributed by atoms with Gasteiger partial charge in [0.2, 0.25) is 0 Å². The third-order valence-electron chi connectivity index (χ3n) is 3.01. The van der Waals surface area contributed by atoms with Crippen LogP contribution in [0.1, 0.15) is 37.3 Å². The maximum absolute atomic E-state index is 10.1. The van der Waals surface area contributed by atoms with Gasteiger partial charge in [0.1, 0.15) is 0 Å². The first-order valence-corrected chi connectivity index (χ1v) is 6.22. The second kappa shape index (κ2) is 6.12. The molecule has 1 unspecified atom stereocenters. The van der Waals surface area contributed by atoms with Gasteiger partial charge >= 0.3 is 0 Å². The first-order chi connectivity index (χ1) is 8.06. The van der Waals surface area contributed by atoms with E-state index in [4.69, 9.17) is 22.1 Å². The Morgan fingerprint density at radius 2 is 2.18 bits per heavy atom. The topological polar surface area (TPSA) is 55.5 Å². The summed E-state index contributed by atoms with van der Waals surface area (Å²) in [5, 5.41) is 10.8. The Kier molecular flexibility index (Phi) is 5.09. The lowest BCUT2D eigenvalue weighted by Crippen LogP contribution is -2.06. The van der Waals surface area contributed by atoms with E-state index in [1.807, 2.05) is 13.8 Å². The van der Waals surface area contributed by atoms with Crippen LogP contribution in [0, 0.1) is 0 Å². The standard InChI is InChI=1S/C13H20ClNO2/c1-4-9-7-10(17-3)13(16)11(12(9)14)8(2)5-6-15/h7-8,16H,4-6,15H2,1-3H3. The van der Waals surface area contributed by atoms with E-state index >= 15 is 0 Å². The van der Waals surface area contributed by atoms with E-state index in [1.54, 1.807) is 13.2 Å². The zero-order chi connectivity index (χ0) is 13.0. The summed E-state index contributed by atoms with van der Waals surface area (Å²) in [7, 11) is 1.54. The number of halogens is 1. The van der Waals surface area contributed by atoms with Crippen LogP contribution in [-0.4, -0.2) is 18.8 Å². The fraction of sp³-hybridized carbons (Fsp3) is 0.538. The average molecular weight is 258 g/mol. The summed E-state index contributed by atoms with van der Waals surface area (Å²) in [6, 6.07) is 1.79. The monoisotopic (exact) mass is 257 g/mol. The predicted octanol–water partition coefficient (Wildman–Crippen LogP) is 3.07. The number of hydrogen-bond donors (Lipinski definition) is 2. The SMILES string of the molecule is CCc1cc(OC)c(O)c(C(C)CCN)c1Cl. The second-order valence-electron chi connectivity index (χ2n) is 4.15. The van der Waals surface area contributed by atoms with Crippen molar-refractivity contribution in [2.75, 3.05) is 13.7 Å². The summed E-state index contributed by atoms with van der Waals surface area (Å²) >= 11 is 6.32. The minimum Gasteiger partial charge on any atom is -0.504 e. The zero-order valence-corrected chi connectivity index (χ0v) is 11.3. The number of methoxy groups -OCH3 is 1. The Morgan fingerprint density at radius 1 is 1.53 bits per heavy atom. The maximum atomic E-state index is 10.1. The molecule has 1 aromatic carbocycles. The minimum absolute atomic E-state index is 0.118. The largest absolute Gasteiger partial charge is 0.504 e. The van der Waals surface area contributed by atoms with Crippen molar-refractivity contribution in [3.05, 3.63) is 22.2 Å². The third kappa shape index (κ3) is 2.85. The average Bonchev–Trinajstić information content (AvgIpc) is 2.30. The van der Waals surface area contributed by atoms with E-state index in [2.05, 4.69) is 0 Å². The van der Waals surface area contributed by atoms with Crippen LogP contribution in [-0.2, 0) is 6.42 Å². The Morgan fingerprint density at radius 3 is 2.65 bits per heavy atom. The zero-order valence-electron chi connectivity index (χ0n) is 10.6. The number of nitrogens with two attached hydrogens (primary N) is 1. The molecule has 0 aromatic heterocycles. The summed E-state index contributed by atoms with van der Waals surface area (Å²) in [5.74, 6) is 0.730. The van der Waals surface area contributed by atoms with Gasteiger partial charge in [0.15, 0.2) is 11.5 Å². The van der Waals surface area contributed by atoms with Crippen molar-refractivity contribution >= 4 is 11.6 Å². The minimum atomic E-state index is 0.118. The second-order valence-corrected chi connectivity index (χ2v) is 4.52. The van der Waals surface area contributed by atoms with E-state index < -0.39 is 0 Å². The van der Waals surface area contributed by atoms with Crippen LogP contribution in [0.5, 0.6) is 11.5 Å². The van der Waals surface area contributed by atoms with Crippen molar-refractivity contribution < 1.29 is 9.84 Å². The number of ether oxygens (including phenoxy) is 1. The molecule has 4 heteroatoms. The number of phenolic OH excluding ortho intramolecular Hbond substituents is 1. The van der Waals surface area contributed by atoms with Crippen LogP contribution in [0.15, 0.2) is 6.07 Å². The number of phenols is 1. The van der Waals surface area contributed by atoms with Gasteiger partial charge in [0, 0.05) is 5.56 Å². The molecule has 0 fully saturated rings. The van der Waals surface area contributed by atoms with Gasteiger partial charge < -0.3 is 15.6 Å². The van der Waals surface area contributed by atoms with E-state index in [9.17, 15) is 5.11 Å². The van der Waals surface area contributed by atoms with Gasteiger partial charge in [0.05, 0.1) is 12.1 Å². The van der Waals surface area contributed by atoms with Crippen LogP contribution in [0.4, 0.5) is 0 Å². The van der Waals surface area contributed by atoms with Crippen molar-refractivity contribution in [2.45, 2.75) is 32.6 Å². The van der Waals surface area contributed by atoms with Crippen LogP contribution in [0.25, 0.3) is 0 Å². The smallest absolute Gasteiger partial charge is 0.162 e. The number of rotatable bonds is 5. The molecule has 0 saturated carbocycles. The molecule has 96 valence electrons.